The number of benzene rings is 2. The number of hydrogen-bond acceptors (Lipinski definition) is 5. The second kappa shape index (κ2) is 9.58. The molecule has 2 aliphatic carbocycles. The lowest BCUT2D eigenvalue weighted by Gasteiger charge is -2.17. The molecular formula is C27H25N3O5. The van der Waals surface area contributed by atoms with Gasteiger partial charge in [-0.15, -0.1) is 0 Å². The number of pyridine rings is 1. The molecule has 0 bridgehead atoms. The van der Waals surface area contributed by atoms with Crippen LogP contribution < -0.4 is 10.6 Å². The fraction of sp³-hybridized carbons (Fsp3) is 0.259. The van der Waals surface area contributed by atoms with Gasteiger partial charge in [0.2, 0.25) is 0 Å². The summed E-state index contributed by atoms with van der Waals surface area (Å²) in [5.74, 6) is -1.53. The first kappa shape index (κ1) is 22.6. The maximum atomic E-state index is 12.8. The van der Waals surface area contributed by atoms with Crippen LogP contribution in [0.4, 0.5) is 10.5 Å². The van der Waals surface area contributed by atoms with Gasteiger partial charge in [-0.3, -0.25) is 10.1 Å². The maximum Gasteiger partial charge on any atom is 0.411 e. The number of carbonyl (C=O) groups is 3. The highest BCUT2D eigenvalue weighted by atomic mass is 16.5. The van der Waals surface area contributed by atoms with Crippen molar-refractivity contribution in [2.75, 3.05) is 11.9 Å². The molecule has 8 heteroatoms. The lowest BCUT2D eigenvalue weighted by molar-refractivity contribution is -0.139. The van der Waals surface area contributed by atoms with Crippen molar-refractivity contribution in [1.29, 1.82) is 0 Å². The molecule has 3 aromatic rings. The molecule has 1 heterocycles. The summed E-state index contributed by atoms with van der Waals surface area (Å²) < 4.78 is 5.55. The van der Waals surface area contributed by atoms with Gasteiger partial charge < -0.3 is 15.2 Å². The molecule has 0 radical (unpaired) electrons. The van der Waals surface area contributed by atoms with E-state index in [1.54, 1.807) is 6.07 Å². The maximum absolute atomic E-state index is 12.8. The zero-order valence-electron chi connectivity index (χ0n) is 18.9. The normalized spacial score (nSPS) is 15.0. The van der Waals surface area contributed by atoms with Crippen LogP contribution >= 0.6 is 0 Å². The molecule has 2 aromatic carbocycles. The molecule has 1 aromatic heterocycles. The van der Waals surface area contributed by atoms with E-state index in [9.17, 15) is 19.5 Å². The van der Waals surface area contributed by atoms with Gasteiger partial charge in [0, 0.05) is 12.1 Å². The molecule has 3 N–H and O–H groups in total. The molecule has 1 saturated carbocycles. The Bertz CT molecular complexity index is 1240. The summed E-state index contributed by atoms with van der Waals surface area (Å²) in [4.78, 5) is 41.1. The SMILES string of the molecule is O=C(Nc1cccnc1C(=O)N[C@@H](CC1CC1)C(=O)O)OCC1c2ccccc2-c2ccccc21. The van der Waals surface area contributed by atoms with Crippen molar-refractivity contribution < 1.29 is 24.2 Å². The summed E-state index contributed by atoms with van der Waals surface area (Å²) in [6, 6.07) is 18.2. The van der Waals surface area contributed by atoms with E-state index in [2.05, 4.69) is 27.8 Å². The fourth-order valence-corrected chi connectivity index (χ4v) is 4.57. The van der Waals surface area contributed by atoms with Crippen molar-refractivity contribution in [2.24, 2.45) is 5.92 Å². The fourth-order valence-electron chi connectivity index (χ4n) is 4.57. The average molecular weight is 472 g/mol. The quantitative estimate of drug-likeness (QED) is 0.448. The average Bonchev–Trinajstić information content (AvgIpc) is 3.63. The highest BCUT2D eigenvalue weighted by molar-refractivity contribution is 6.02. The van der Waals surface area contributed by atoms with Crippen molar-refractivity contribution in [3.05, 3.63) is 83.7 Å². The summed E-state index contributed by atoms with van der Waals surface area (Å²) in [5.41, 5.74) is 4.53. The van der Waals surface area contributed by atoms with Crippen molar-refractivity contribution in [3.63, 3.8) is 0 Å². The molecule has 0 saturated heterocycles. The monoisotopic (exact) mass is 471 g/mol. The van der Waals surface area contributed by atoms with Crippen LogP contribution in [0.25, 0.3) is 11.1 Å². The van der Waals surface area contributed by atoms with Crippen LogP contribution in [-0.2, 0) is 9.53 Å². The number of rotatable bonds is 8. The molecule has 8 nitrogen and oxygen atoms in total. The van der Waals surface area contributed by atoms with Gasteiger partial charge in [0.05, 0.1) is 5.69 Å². The van der Waals surface area contributed by atoms with Crippen LogP contribution in [0, 0.1) is 5.92 Å². The van der Waals surface area contributed by atoms with E-state index in [4.69, 9.17) is 4.74 Å². The van der Waals surface area contributed by atoms with Crippen LogP contribution in [0.2, 0.25) is 0 Å². The number of carbonyl (C=O) groups excluding carboxylic acids is 2. The number of anilines is 1. The summed E-state index contributed by atoms with van der Waals surface area (Å²) in [7, 11) is 0. The van der Waals surface area contributed by atoms with E-state index in [-0.39, 0.29) is 23.9 Å². The van der Waals surface area contributed by atoms with Gasteiger partial charge in [0.1, 0.15) is 12.6 Å². The number of nitrogens with one attached hydrogen (secondary N) is 2. The highest BCUT2D eigenvalue weighted by Gasteiger charge is 2.32. The lowest BCUT2D eigenvalue weighted by atomic mass is 9.98. The summed E-state index contributed by atoms with van der Waals surface area (Å²) in [6.45, 7) is 0.129. The van der Waals surface area contributed by atoms with Crippen LogP contribution in [-0.4, -0.2) is 40.7 Å². The number of hydrogen-bond donors (Lipinski definition) is 3. The molecule has 0 unspecified atom stereocenters. The Morgan fingerprint density at radius 2 is 1.63 bits per heavy atom. The number of aliphatic carboxylic acids is 1. The second-order valence-corrected chi connectivity index (χ2v) is 8.89. The summed E-state index contributed by atoms with van der Waals surface area (Å²) in [6.07, 6.45) is 3.01. The van der Waals surface area contributed by atoms with Crippen LogP contribution in [0.5, 0.6) is 0 Å². The molecule has 178 valence electrons. The number of nitrogens with zero attached hydrogens (tertiary/aromatic N) is 1. The predicted octanol–water partition coefficient (Wildman–Crippen LogP) is 4.43. The van der Waals surface area contributed by atoms with Crippen LogP contribution in [0.15, 0.2) is 66.9 Å². The third-order valence-corrected chi connectivity index (χ3v) is 6.47. The van der Waals surface area contributed by atoms with E-state index in [1.165, 1.54) is 12.3 Å². The van der Waals surface area contributed by atoms with E-state index in [1.807, 2.05) is 36.4 Å². The lowest BCUT2D eigenvalue weighted by Crippen LogP contribution is -2.41. The predicted molar refractivity (Wildman–Crippen MR) is 129 cm³/mol. The molecule has 2 aliphatic rings. The molecule has 0 spiro atoms. The number of carboxylic acid groups (broad SMARTS) is 1. The Morgan fingerprint density at radius 1 is 0.971 bits per heavy atom. The molecule has 1 fully saturated rings. The van der Waals surface area contributed by atoms with Crippen LogP contribution in [0.1, 0.15) is 46.8 Å². The first-order valence-corrected chi connectivity index (χ1v) is 11.6. The Kier molecular flexibility index (Phi) is 6.18. The minimum atomic E-state index is -1.09. The molecule has 2 amide bonds. The molecule has 35 heavy (non-hydrogen) atoms. The Hall–Kier alpha value is -4.20. The van der Waals surface area contributed by atoms with Crippen molar-refractivity contribution >= 4 is 23.7 Å². The molecular weight excluding hydrogens is 446 g/mol. The number of aromatic nitrogens is 1. The third-order valence-electron chi connectivity index (χ3n) is 6.47. The van der Waals surface area contributed by atoms with Gasteiger partial charge in [-0.1, -0.05) is 61.4 Å². The Balaban J connectivity index is 1.26. The zero-order valence-corrected chi connectivity index (χ0v) is 18.9. The van der Waals surface area contributed by atoms with Gasteiger partial charge in [-0.05, 0) is 46.7 Å². The Labute approximate surface area is 202 Å². The largest absolute Gasteiger partial charge is 0.480 e. The number of amides is 2. The summed E-state index contributed by atoms with van der Waals surface area (Å²) in [5, 5.41) is 14.6. The zero-order chi connectivity index (χ0) is 24.4. The smallest absolute Gasteiger partial charge is 0.411 e. The third kappa shape index (κ3) is 4.87. The van der Waals surface area contributed by atoms with E-state index < -0.39 is 24.0 Å². The number of carboxylic acids is 1. The van der Waals surface area contributed by atoms with Gasteiger partial charge in [-0.2, -0.15) is 0 Å². The van der Waals surface area contributed by atoms with Gasteiger partial charge in [-0.25, -0.2) is 14.6 Å². The first-order valence-electron chi connectivity index (χ1n) is 11.6. The summed E-state index contributed by atoms with van der Waals surface area (Å²) >= 11 is 0. The van der Waals surface area contributed by atoms with Crippen molar-refractivity contribution in [2.45, 2.75) is 31.2 Å². The second-order valence-electron chi connectivity index (χ2n) is 8.89. The minimum Gasteiger partial charge on any atom is -0.480 e. The first-order chi connectivity index (χ1) is 17.0. The highest BCUT2D eigenvalue weighted by Crippen LogP contribution is 2.44. The van der Waals surface area contributed by atoms with Gasteiger partial charge in [0.25, 0.3) is 5.91 Å². The molecule has 5 rings (SSSR count). The topological polar surface area (TPSA) is 118 Å². The van der Waals surface area contributed by atoms with Crippen molar-refractivity contribution in [1.82, 2.24) is 10.3 Å². The van der Waals surface area contributed by atoms with Crippen LogP contribution in [0.3, 0.4) is 0 Å². The molecule has 1 atom stereocenters. The van der Waals surface area contributed by atoms with E-state index >= 15 is 0 Å². The van der Waals surface area contributed by atoms with Gasteiger partial charge >= 0.3 is 12.1 Å². The van der Waals surface area contributed by atoms with Crippen molar-refractivity contribution in [3.8, 4) is 11.1 Å². The standard InChI is InChI=1S/C27H25N3O5/c31-25(29-23(26(32)33)14-16-11-12-16)24-22(10-5-13-28-24)30-27(34)35-15-21-19-8-3-1-6-17(19)18-7-2-4-9-20(18)21/h1-10,13,16,21,23H,11-12,14-15H2,(H,29,31)(H,30,34)(H,32,33)/t23-/m0/s1. The van der Waals surface area contributed by atoms with Gasteiger partial charge in [0.15, 0.2) is 5.69 Å². The molecule has 0 aliphatic heterocycles. The van der Waals surface area contributed by atoms with E-state index in [0.717, 1.165) is 35.1 Å². The number of fused-ring (bicyclic) bond motifs is 3. The number of ether oxygens (including phenoxy) is 1. The van der Waals surface area contributed by atoms with E-state index in [0.29, 0.717) is 12.3 Å². The minimum absolute atomic E-state index is 0.0666. The Morgan fingerprint density at radius 3 is 2.26 bits per heavy atom.